The Kier molecular flexibility index (Phi) is 2.45. The molecule has 4 aliphatic carbocycles. The molecule has 4 bridgehead atoms. The van der Waals surface area contributed by atoms with Gasteiger partial charge in [0, 0.05) is 6.04 Å². The van der Waals surface area contributed by atoms with Crippen LogP contribution in [0.25, 0.3) is 0 Å². The first-order valence-electron chi connectivity index (χ1n) is 8.34. The SMILES string of the molecule is CC1CC2(C(C)N)CC3CCC4CC1C(C2)C3C4. The first kappa shape index (κ1) is 11.8. The molecule has 0 aromatic heterocycles. The first-order valence-corrected chi connectivity index (χ1v) is 8.34. The van der Waals surface area contributed by atoms with E-state index in [0.717, 1.165) is 35.5 Å². The summed E-state index contributed by atoms with van der Waals surface area (Å²) in [6, 6.07) is 0.418. The fourth-order valence-corrected chi connectivity index (χ4v) is 6.78. The predicted molar refractivity (Wildman–Crippen MR) is 75.0 cm³/mol. The molecule has 0 aliphatic heterocycles. The molecule has 1 nitrogen and oxygen atoms in total. The van der Waals surface area contributed by atoms with E-state index in [1.165, 1.54) is 32.1 Å². The maximum atomic E-state index is 6.45. The maximum absolute atomic E-state index is 6.45. The second kappa shape index (κ2) is 3.75. The van der Waals surface area contributed by atoms with Gasteiger partial charge in [0.2, 0.25) is 0 Å². The molecule has 4 saturated carbocycles. The second-order valence-corrected chi connectivity index (χ2v) is 8.41. The van der Waals surface area contributed by atoms with E-state index < -0.39 is 0 Å². The second-order valence-electron chi connectivity index (χ2n) is 8.41. The Morgan fingerprint density at radius 3 is 2.56 bits per heavy atom. The van der Waals surface area contributed by atoms with Gasteiger partial charge in [-0.2, -0.15) is 0 Å². The fourth-order valence-electron chi connectivity index (χ4n) is 6.78. The van der Waals surface area contributed by atoms with Crippen LogP contribution in [0.15, 0.2) is 0 Å². The predicted octanol–water partition coefficient (Wildman–Crippen LogP) is 3.82. The largest absolute Gasteiger partial charge is 0.327 e. The van der Waals surface area contributed by atoms with Crippen LogP contribution in [-0.4, -0.2) is 6.04 Å². The molecule has 8 atom stereocenters. The molecule has 0 spiro atoms. The van der Waals surface area contributed by atoms with Gasteiger partial charge < -0.3 is 5.73 Å². The van der Waals surface area contributed by atoms with E-state index >= 15 is 0 Å². The van der Waals surface area contributed by atoms with Crippen LogP contribution in [0, 0.1) is 40.9 Å². The summed E-state index contributed by atoms with van der Waals surface area (Å²) in [4.78, 5) is 0. The molecule has 1 heteroatoms. The molecule has 2 N–H and O–H groups in total. The summed E-state index contributed by atoms with van der Waals surface area (Å²) in [6.45, 7) is 4.83. The summed E-state index contributed by atoms with van der Waals surface area (Å²) in [7, 11) is 0. The Morgan fingerprint density at radius 2 is 1.78 bits per heavy atom. The van der Waals surface area contributed by atoms with Gasteiger partial charge in [0.15, 0.2) is 0 Å². The minimum Gasteiger partial charge on any atom is -0.327 e. The smallest absolute Gasteiger partial charge is 0.00673 e. The van der Waals surface area contributed by atoms with Gasteiger partial charge in [-0.15, -0.1) is 0 Å². The molecule has 0 saturated heterocycles. The number of rotatable bonds is 1. The van der Waals surface area contributed by atoms with E-state index in [2.05, 4.69) is 13.8 Å². The van der Waals surface area contributed by atoms with Gasteiger partial charge in [-0.05, 0) is 86.4 Å². The fraction of sp³-hybridized carbons (Fsp3) is 1.00. The van der Waals surface area contributed by atoms with Gasteiger partial charge in [-0.3, -0.25) is 0 Å². The monoisotopic (exact) mass is 247 g/mol. The minimum atomic E-state index is 0.418. The lowest BCUT2D eigenvalue weighted by Crippen LogP contribution is -2.58. The molecule has 0 aromatic rings. The van der Waals surface area contributed by atoms with Crippen molar-refractivity contribution in [3.63, 3.8) is 0 Å². The van der Waals surface area contributed by atoms with Crippen molar-refractivity contribution in [3.05, 3.63) is 0 Å². The molecule has 8 unspecified atom stereocenters. The highest BCUT2D eigenvalue weighted by atomic mass is 14.7. The number of nitrogens with two attached hydrogens (primary N) is 1. The van der Waals surface area contributed by atoms with E-state index in [1.807, 2.05) is 0 Å². The summed E-state index contributed by atoms with van der Waals surface area (Å²) >= 11 is 0. The van der Waals surface area contributed by atoms with Crippen molar-refractivity contribution < 1.29 is 0 Å². The standard InChI is InChI=1S/C17H29N/c1-10-7-17(11(2)18)8-13-4-3-12-5-14(10)16(9-17)15(13)6-12/h10-16H,3-9,18H2,1-2H3. The van der Waals surface area contributed by atoms with E-state index in [9.17, 15) is 0 Å². The molecular formula is C17H29N. The Hall–Kier alpha value is -0.0400. The van der Waals surface area contributed by atoms with Crippen LogP contribution >= 0.6 is 0 Å². The molecule has 0 heterocycles. The van der Waals surface area contributed by atoms with Crippen LogP contribution in [0.5, 0.6) is 0 Å². The number of hydrogen-bond donors (Lipinski definition) is 1. The Bertz CT molecular complexity index is 344. The summed E-state index contributed by atoms with van der Waals surface area (Å²) in [6.07, 6.45) is 10.6. The van der Waals surface area contributed by atoms with E-state index in [4.69, 9.17) is 5.73 Å². The molecule has 0 amide bonds. The zero-order valence-electron chi connectivity index (χ0n) is 12.1. The van der Waals surface area contributed by atoms with Crippen LogP contribution in [0.4, 0.5) is 0 Å². The zero-order valence-corrected chi connectivity index (χ0v) is 12.1. The highest BCUT2D eigenvalue weighted by Crippen LogP contribution is 2.65. The highest BCUT2D eigenvalue weighted by molar-refractivity contribution is 5.08. The molecule has 4 aliphatic rings. The van der Waals surface area contributed by atoms with E-state index in [0.29, 0.717) is 11.5 Å². The normalized spacial score (nSPS) is 59.5. The lowest BCUT2D eigenvalue weighted by molar-refractivity contribution is -0.133. The van der Waals surface area contributed by atoms with Crippen LogP contribution in [0.3, 0.4) is 0 Å². The van der Waals surface area contributed by atoms with Crippen LogP contribution in [0.2, 0.25) is 0 Å². The third-order valence-electron chi connectivity index (χ3n) is 7.60. The summed E-state index contributed by atoms with van der Waals surface area (Å²) in [5.74, 6) is 6.28. The van der Waals surface area contributed by atoms with Crippen molar-refractivity contribution in [2.75, 3.05) is 0 Å². The Morgan fingerprint density at radius 1 is 1.00 bits per heavy atom. The van der Waals surface area contributed by atoms with Gasteiger partial charge in [0.05, 0.1) is 0 Å². The third kappa shape index (κ3) is 1.43. The number of fused-ring (bicyclic) bond motifs is 2. The summed E-state index contributed by atoms with van der Waals surface area (Å²) in [5, 5.41) is 0. The lowest BCUT2D eigenvalue weighted by Gasteiger charge is -2.64. The van der Waals surface area contributed by atoms with Crippen LogP contribution in [0.1, 0.15) is 58.8 Å². The van der Waals surface area contributed by atoms with Gasteiger partial charge in [0.25, 0.3) is 0 Å². The van der Waals surface area contributed by atoms with Crippen molar-refractivity contribution in [1.29, 1.82) is 0 Å². The molecule has 0 aromatic carbocycles. The Balaban J connectivity index is 1.74. The van der Waals surface area contributed by atoms with Gasteiger partial charge in [-0.1, -0.05) is 13.3 Å². The zero-order chi connectivity index (χ0) is 12.5. The topological polar surface area (TPSA) is 26.0 Å². The van der Waals surface area contributed by atoms with Crippen molar-refractivity contribution in [3.8, 4) is 0 Å². The van der Waals surface area contributed by atoms with Gasteiger partial charge >= 0.3 is 0 Å². The van der Waals surface area contributed by atoms with Gasteiger partial charge in [0.1, 0.15) is 0 Å². The van der Waals surface area contributed by atoms with E-state index in [-0.39, 0.29) is 0 Å². The van der Waals surface area contributed by atoms with Gasteiger partial charge in [-0.25, -0.2) is 0 Å². The van der Waals surface area contributed by atoms with E-state index in [1.54, 1.807) is 12.8 Å². The molecule has 102 valence electrons. The molecule has 18 heavy (non-hydrogen) atoms. The third-order valence-corrected chi connectivity index (χ3v) is 7.60. The molecular weight excluding hydrogens is 218 g/mol. The Labute approximate surface area is 112 Å². The van der Waals surface area contributed by atoms with Crippen molar-refractivity contribution >= 4 is 0 Å². The first-order chi connectivity index (χ1) is 8.59. The average Bonchev–Trinajstić information content (AvgIpc) is 2.36. The van der Waals surface area contributed by atoms with Crippen molar-refractivity contribution in [2.24, 2.45) is 46.7 Å². The summed E-state index contributed by atoms with van der Waals surface area (Å²) in [5.41, 5.74) is 6.97. The molecule has 0 radical (unpaired) electrons. The van der Waals surface area contributed by atoms with Crippen LogP contribution in [-0.2, 0) is 0 Å². The lowest BCUT2D eigenvalue weighted by atomic mass is 9.42. The van der Waals surface area contributed by atoms with Crippen molar-refractivity contribution in [1.82, 2.24) is 0 Å². The molecule has 4 rings (SSSR count). The summed E-state index contributed by atoms with van der Waals surface area (Å²) < 4.78 is 0. The quantitative estimate of drug-likeness (QED) is 0.749. The highest BCUT2D eigenvalue weighted by Gasteiger charge is 2.58. The molecule has 4 fully saturated rings. The average molecular weight is 247 g/mol. The maximum Gasteiger partial charge on any atom is 0.00673 e. The minimum absolute atomic E-state index is 0.418. The van der Waals surface area contributed by atoms with Crippen LogP contribution < -0.4 is 5.73 Å². The number of hydrogen-bond acceptors (Lipinski definition) is 1. The van der Waals surface area contributed by atoms with Crippen molar-refractivity contribution in [2.45, 2.75) is 64.8 Å².